The van der Waals surface area contributed by atoms with Gasteiger partial charge in [-0.2, -0.15) is 11.8 Å². The van der Waals surface area contributed by atoms with E-state index in [1.165, 1.54) is 19.2 Å². The Hall–Kier alpha value is -3.74. The van der Waals surface area contributed by atoms with Crippen LogP contribution in [0.15, 0.2) is 59.5 Å². The molecule has 4 atom stereocenters. The molecule has 5 amide bonds. The molecule has 0 aliphatic carbocycles. The number of aromatic hydroxyl groups is 1. The number of hydroxylamine groups is 2. The zero-order valence-electron chi connectivity index (χ0n) is 43.4. The van der Waals surface area contributed by atoms with E-state index in [0.29, 0.717) is 75.1 Å². The summed E-state index contributed by atoms with van der Waals surface area (Å²) in [6.07, 6.45) is 3.81. The average Bonchev–Trinajstić information content (AvgIpc) is 4.07. The van der Waals surface area contributed by atoms with Crippen molar-refractivity contribution in [3.63, 3.8) is 0 Å². The van der Waals surface area contributed by atoms with Crippen molar-refractivity contribution in [2.45, 2.75) is 86.6 Å². The van der Waals surface area contributed by atoms with Crippen molar-refractivity contribution in [3.05, 3.63) is 76.4 Å². The normalized spacial score (nSPS) is 16.9. The van der Waals surface area contributed by atoms with Crippen LogP contribution in [0.4, 0.5) is 9.18 Å². The molecule has 77 heavy (non-hydrogen) atoms. The average molecular weight is 1460 g/mol. The number of carbonyl (C=O) groups excluding carboxylic acids is 6. The van der Waals surface area contributed by atoms with Crippen molar-refractivity contribution < 1.29 is 91.6 Å². The van der Waals surface area contributed by atoms with Crippen molar-refractivity contribution in [2.75, 3.05) is 79.4 Å². The number of methoxy groups -OCH3 is 1. The van der Waals surface area contributed by atoms with Gasteiger partial charge in [-0.1, -0.05) is 24.1 Å². The van der Waals surface area contributed by atoms with Gasteiger partial charge in [0.05, 0.1) is 103 Å². The van der Waals surface area contributed by atoms with Gasteiger partial charge in [-0.3, -0.25) is 18.8 Å². The van der Waals surface area contributed by atoms with E-state index in [1.807, 2.05) is 30.8 Å². The van der Waals surface area contributed by atoms with Crippen LogP contribution in [-0.2, 0) is 69.0 Å². The number of halogens is 4. The molecule has 6 rings (SSSR count). The number of unbranched alkanes of at least 4 members (excludes halogenated alkanes) is 1. The summed E-state index contributed by atoms with van der Waals surface area (Å²) < 4.78 is 81.5. The van der Waals surface area contributed by atoms with Crippen molar-refractivity contribution in [1.29, 1.82) is 0 Å². The van der Waals surface area contributed by atoms with E-state index in [-0.39, 0.29) is 73.1 Å². The summed E-state index contributed by atoms with van der Waals surface area (Å²) in [6.45, 7) is 4.99. The molecule has 0 aromatic heterocycles. The Kier molecular flexibility index (Phi) is 31.2. The molecule has 0 radical (unpaired) electrons. The lowest BCUT2D eigenvalue weighted by Gasteiger charge is -2.16. The van der Waals surface area contributed by atoms with E-state index in [2.05, 4.69) is 89.5 Å². The summed E-state index contributed by atoms with van der Waals surface area (Å²) >= 11 is 8.36. The topological polar surface area (TPSA) is 311 Å². The number of phenolic OH excluding ortho intramolecular Hbond substituents is 1. The number of hydrogen-bond donors (Lipinski definition) is 5. The molecule has 3 saturated heterocycles. The van der Waals surface area contributed by atoms with Crippen LogP contribution < -0.4 is 26.4 Å². The van der Waals surface area contributed by atoms with Gasteiger partial charge in [0, 0.05) is 43.2 Å². The third-order valence-electron chi connectivity index (χ3n) is 10.9. The number of alkyl halides is 1. The van der Waals surface area contributed by atoms with Crippen molar-refractivity contribution in [2.24, 2.45) is 0 Å². The third kappa shape index (κ3) is 25.5. The van der Waals surface area contributed by atoms with Gasteiger partial charge in [-0.05, 0) is 136 Å². The quantitative estimate of drug-likeness (QED) is 0.0172. The second kappa shape index (κ2) is 36.5. The Bertz CT molecular complexity index is 2490. The number of hydrogen-bond acceptors (Lipinski definition) is 18. The summed E-state index contributed by atoms with van der Waals surface area (Å²) in [4.78, 5) is 73.8. The maximum Gasteiger partial charge on any atom is 0.364 e. The molecule has 3 aromatic rings. The van der Waals surface area contributed by atoms with Gasteiger partial charge in [0.2, 0.25) is 5.91 Å². The molecule has 3 aromatic carbocycles. The number of nitrogens with zero attached hydrogens (tertiary/aromatic N) is 1. The van der Waals surface area contributed by atoms with E-state index in [1.54, 1.807) is 30.3 Å². The van der Waals surface area contributed by atoms with Gasteiger partial charge in [-0.25, -0.2) is 22.8 Å². The first-order chi connectivity index (χ1) is 37.2. The zero-order valence-corrected chi connectivity index (χ0v) is 50.5. The Morgan fingerprint density at radius 1 is 0.883 bits per heavy atom. The first-order valence-electron chi connectivity index (χ1n) is 24.6. The van der Waals surface area contributed by atoms with E-state index in [0.717, 1.165) is 52.6 Å². The summed E-state index contributed by atoms with van der Waals surface area (Å²) in [5.41, 5.74) is 5.77. The minimum atomic E-state index is -4.27. The lowest BCUT2D eigenvalue weighted by Crippen LogP contribution is -2.66. The van der Waals surface area contributed by atoms with Gasteiger partial charge in [0.15, 0.2) is 11.8 Å². The molecular formula is C49H65FI3N5O17S2. The molecular weight excluding hydrogens is 1390 g/mol. The molecule has 0 spiro atoms. The number of phenols is 1. The first kappa shape index (κ1) is 65.8. The maximum absolute atomic E-state index is 12.0. The van der Waals surface area contributed by atoms with Crippen LogP contribution >= 0.6 is 79.5 Å². The van der Waals surface area contributed by atoms with E-state index in [9.17, 15) is 51.2 Å². The van der Waals surface area contributed by atoms with Crippen LogP contribution in [0.2, 0.25) is 0 Å². The molecule has 3 fully saturated rings. The van der Waals surface area contributed by atoms with Gasteiger partial charge in [-0.15, -0.1) is 5.06 Å². The molecule has 3 aliphatic rings. The van der Waals surface area contributed by atoms with Gasteiger partial charge in [0.1, 0.15) is 21.6 Å². The fraction of sp³-hybridized carbons (Fsp3) is 0.510. The van der Waals surface area contributed by atoms with E-state index >= 15 is 0 Å². The van der Waals surface area contributed by atoms with Crippen LogP contribution in [0, 0.1) is 17.6 Å². The number of amides is 5. The number of rotatable bonds is 27. The predicted molar refractivity (Wildman–Crippen MR) is 303 cm³/mol. The molecule has 0 saturated carbocycles. The highest BCUT2D eigenvalue weighted by Crippen LogP contribution is 2.35. The summed E-state index contributed by atoms with van der Waals surface area (Å²) in [5, 5.41) is 19.3. The van der Waals surface area contributed by atoms with E-state index < -0.39 is 41.1 Å². The number of quaternary nitrogens is 1. The van der Waals surface area contributed by atoms with E-state index in [4.69, 9.17) is 34.6 Å². The maximum atomic E-state index is 12.0. The summed E-state index contributed by atoms with van der Waals surface area (Å²) in [7, 11) is -3.90. The van der Waals surface area contributed by atoms with Crippen LogP contribution in [0.25, 0.3) is 0 Å². The minimum Gasteiger partial charge on any atom is -0.744 e. The van der Waals surface area contributed by atoms with Crippen molar-refractivity contribution in [1.82, 2.24) is 21.0 Å². The minimum absolute atomic E-state index is 0.0174. The Balaban J connectivity index is 0.000000352. The molecule has 3 aliphatic heterocycles. The Morgan fingerprint density at radius 3 is 2.04 bits per heavy atom. The predicted octanol–water partition coefficient (Wildman–Crippen LogP) is 4.70. The Morgan fingerprint density at radius 2 is 1.47 bits per heavy atom. The molecule has 7 N–H and O–H groups in total. The number of benzene rings is 3. The number of carbonyl (C=O) groups is 6. The number of fused-ring (bicyclic) bond motifs is 1. The molecule has 0 bridgehead atoms. The van der Waals surface area contributed by atoms with Crippen molar-refractivity contribution in [3.8, 4) is 17.2 Å². The van der Waals surface area contributed by atoms with Crippen LogP contribution in [0.5, 0.6) is 17.2 Å². The smallest absolute Gasteiger partial charge is 0.364 e. The number of imide groups is 1. The van der Waals surface area contributed by atoms with Crippen molar-refractivity contribution >= 4 is 125 Å². The number of nitrogens with one attached hydrogen (secondary N) is 3. The lowest BCUT2D eigenvalue weighted by molar-refractivity contribution is -0.407. The van der Waals surface area contributed by atoms with Crippen LogP contribution in [-0.4, -0.2) is 162 Å². The van der Waals surface area contributed by atoms with Gasteiger partial charge >= 0.3 is 18.0 Å². The number of esters is 1. The second-order valence-corrected chi connectivity index (χ2v) is 22.9. The third-order valence-corrected chi connectivity index (χ3v) is 15.8. The summed E-state index contributed by atoms with van der Waals surface area (Å²) in [6, 6.07) is 14.8. The van der Waals surface area contributed by atoms with Crippen LogP contribution in [0.1, 0.15) is 57.4 Å². The highest BCUT2D eigenvalue weighted by atomic mass is 127. The molecule has 428 valence electrons. The number of aryl methyl sites for hydroxylation is 1. The molecule has 22 nitrogen and oxygen atoms in total. The van der Waals surface area contributed by atoms with Gasteiger partial charge < -0.3 is 64.6 Å². The molecule has 28 heteroatoms. The second-order valence-electron chi connectivity index (χ2n) is 16.8. The number of thioether (sulfide) groups is 1. The lowest BCUT2D eigenvalue weighted by atomic mass is 10.0. The zero-order chi connectivity index (χ0) is 57.6. The standard InChI is InChI=1S/C25H40N4O10S.C16H14I3NO4.C7H8O3S.CH3F/c30-20(4-2-1-3-19-24-18(17-40-19)27-25(34)28-24)26-8-10-36-12-14-38-16-15-37-13-11-35-9-7-23(33)39-29-21(31)5-6-22(29)32;1-23-16(22)13(20)6-8-4-11(18)15(12(19)5-8)24-9-2-3-14(21)10(17)7-9;1-6-2-4-7(5-3-6)11(8,9)10;1-2/h18-19,24H,1-17H2,(H,26,30)(H2,27,28,34);2-5,7,13,21H,6,20H2,1H3;2-5H,1H3,(H,8,9,10);1H3/i;;;1D. The monoisotopic (exact) mass is 1460 g/mol. The van der Waals surface area contributed by atoms with Crippen LogP contribution in [0.3, 0.4) is 0 Å². The fourth-order valence-electron chi connectivity index (χ4n) is 7.08. The highest BCUT2D eigenvalue weighted by molar-refractivity contribution is 14.1. The van der Waals surface area contributed by atoms with Gasteiger partial charge in [0.25, 0.3) is 11.8 Å². The summed E-state index contributed by atoms with van der Waals surface area (Å²) in [5.74, 6) is 0.552. The highest BCUT2D eigenvalue weighted by Gasteiger charge is 2.42. The largest absolute Gasteiger partial charge is 0.744 e. The number of urea groups is 1. The molecule has 3 heterocycles. The first-order valence-corrected chi connectivity index (χ1v) is 29.6. The Labute approximate surface area is 493 Å². The SMILES string of the molecule is COC(=O)C([NH3+])Cc1cc(I)c(Oc2ccc(O)c(I)c2)c(I)c1.Cc1ccc(S(=O)(=O)[O-])cc1.O=C(CCCCC1SCC2NC(=O)NC21)NCCOCCOCCOCCOCCC(=O)ON1C(=O)CCC1=O.[2H]CF. The fourth-order valence-corrected chi connectivity index (χ4v) is 11.7. The number of ether oxygens (including phenoxy) is 6. The molecule has 4 unspecified atom stereocenters.